The molecule has 2 N–H and O–H groups in total. The fraction of sp³-hybridized carbons (Fsp3) is 0.323. The molecule has 12 heteroatoms. The lowest BCUT2D eigenvalue weighted by molar-refractivity contribution is -0.122. The van der Waals surface area contributed by atoms with Crippen LogP contribution in [0.4, 0.5) is 17.6 Å². The number of alkyl halides is 2. The van der Waals surface area contributed by atoms with Crippen molar-refractivity contribution in [2.75, 3.05) is 0 Å². The fourth-order valence-electron chi connectivity index (χ4n) is 6.69. The molecule has 0 aliphatic heterocycles. The number of halogens is 4. The Labute approximate surface area is 243 Å². The van der Waals surface area contributed by atoms with Crippen LogP contribution in [-0.4, -0.2) is 35.6 Å². The number of nitrogens with one attached hydrogen (secondary N) is 2. The van der Waals surface area contributed by atoms with E-state index in [9.17, 15) is 22.4 Å². The Morgan fingerprint density at radius 2 is 1.93 bits per heavy atom. The topological polar surface area (TPSA) is 101 Å². The van der Waals surface area contributed by atoms with Crippen LogP contribution in [0.2, 0.25) is 0 Å². The number of pyridine rings is 1. The van der Waals surface area contributed by atoms with Gasteiger partial charge >= 0.3 is 0 Å². The lowest BCUT2D eigenvalue weighted by atomic mass is 9.95. The predicted molar refractivity (Wildman–Crippen MR) is 149 cm³/mol. The zero-order valence-electron chi connectivity index (χ0n) is 23.1. The van der Waals surface area contributed by atoms with Crippen molar-refractivity contribution in [1.82, 2.24) is 35.0 Å². The molecule has 0 spiro atoms. The van der Waals surface area contributed by atoms with Gasteiger partial charge in [0.1, 0.15) is 35.8 Å². The highest BCUT2D eigenvalue weighted by molar-refractivity contribution is 5.82. The van der Waals surface area contributed by atoms with Gasteiger partial charge < -0.3 is 10.3 Å². The minimum absolute atomic E-state index is 0.00545. The number of H-pyrrole nitrogens is 1. The number of carbonyl (C=O) groups excluding carboxylic acids is 1. The number of rotatable bonds is 8. The molecule has 4 atom stereocenters. The van der Waals surface area contributed by atoms with E-state index in [0.717, 1.165) is 17.9 Å². The molecule has 4 aromatic heterocycles. The number of aromatic amines is 1. The lowest BCUT2D eigenvalue weighted by Gasteiger charge is -2.22. The predicted octanol–water partition coefficient (Wildman–Crippen LogP) is 5.83. The Morgan fingerprint density at radius 3 is 2.72 bits per heavy atom. The summed E-state index contributed by atoms with van der Waals surface area (Å²) in [5.74, 6) is -1.14. The fourth-order valence-corrected chi connectivity index (χ4v) is 6.69. The first-order valence-electron chi connectivity index (χ1n) is 14.1. The Morgan fingerprint density at radius 1 is 1.12 bits per heavy atom. The number of fused-ring (bicyclic) bond motifs is 4. The van der Waals surface area contributed by atoms with Crippen LogP contribution in [0.5, 0.6) is 0 Å². The molecule has 1 aromatic carbocycles. The minimum atomic E-state index is -2.74. The average molecular weight is 590 g/mol. The number of carbonyl (C=O) groups is 1. The highest BCUT2D eigenvalue weighted by atomic mass is 19.3. The van der Waals surface area contributed by atoms with E-state index in [1.54, 1.807) is 18.6 Å². The molecule has 0 bridgehead atoms. The summed E-state index contributed by atoms with van der Waals surface area (Å²) < 4.78 is 57.5. The zero-order valence-corrected chi connectivity index (χ0v) is 23.1. The summed E-state index contributed by atoms with van der Waals surface area (Å²) in [5.41, 5.74) is 3.67. The van der Waals surface area contributed by atoms with Crippen LogP contribution in [0, 0.1) is 23.5 Å². The second-order valence-corrected chi connectivity index (χ2v) is 11.4. The molecular formula is C31H27F4N7O. The molecule has 43 heavy (non-hydrogen) atoms. The number of hydrogen-bond acceptors (Lipinski definition) is 5. The van der Waals surface area contributed by atoms with Crippen molar-refractivity contribution >= 4 is 16.9 Å². The van der Waals surface area contributed by atoms with Crippen molar-refractivity contribution < 1.29 is 22.4 Å². The van der Waals surface area contributed by atoms with Crippen LogP contribution in [0.25, 0.3) is 22.2 Å². The van der Waals surface area contributed by atoms with E-state index < -0.39 is 30.0 Å². The van der Waals surface area contributed by atoms with Gasteiger partial charge in [-0.3, -0.25) is 9.48 Å². The third-order valence-electron chi connectivity index (χ3n) is 8.71. The van der Waals surface area contributed by atoms with E-state index in [2.05, 4.69) is 37.3 Å². The second-order valence-electron chi connectivity index (χ2n) is 11.4. The van der Waals surface area contributed by atoms with Gasteiger partial charge in [-0.05, 0) is 60.9 Å². The highest BCUT2D eigenvalue weighted by Gasteiger charge is 2.53. The standard InChI is InChI=1S/C31H27F4N7O/c1-15-21-2-3-22-28(30(34)35)41-42(29(22)26(15)21)13-25(43)40-24(8-16-6-19(32)10-20(33)7-16)27-23(12-36-14-39-27)18-9-17-4-5-37-31(17)38-11-18/h4-7,9-12,14-15,21,24,26,30H,2-3,8,13H2,1H3,(H,37,38)(H,40,43). The summed E-state index contributed by atoms with van der Waals surface area (Å²) >= 11 is 0. The van der Waals surface area contributed by atoms with Crippen LogP contribution in [0.15, 0.2) is 55.2 Å². The van der Waals surface area contributed by atoms with E-state index in [4.69, 9.17) is 0 Å². The Bertz CT molecular complexity index is 1830. The van der Waals surface area contributed by atoms with E-state index >= 15 is 0 Å². The molecule has 0 radical (unpaired) electrons. The molecule has 1 amide bonds. The van der Waals surface area contributed by atoms with Crippen molar-refractivity contribution in [3.63, 3.8) is 0 Å². The first kappa shape index (κ1) is 27.2. The quantitative estimate of drug-likeness (QED) is 0.222. The van der Waals surface area contributed by atoms with Crippen molar-refractivity contribution in [3.05, 3.63) is 95.1 Å². The molecule has 0 saturated heterocycles. The van der Waals surface area contributed by atoms with Crippen molar-refractivity contribution in [2.45, 2.75) is 51.1 Å². The van der Waals surface area contributed by atoms with Gasteiger partial charge in [-0.1, -0.05) is 6.92 Å². The van der Waals surface area contributed by atoms with Gasteiger partial charge in [0, 0.05) is 58.3 Å². The third-order valence-corrected chi connectivity index (χ3v) is 8.71. The molecule has 1 saturated carbocycles. The van der Waals surface area contributed by atoms with Gasteiger partial charge in [-0.25, -0.2) is 32.5 Å². The SMILES string of the molecule is CC1C2CCc3c(C(F)F)nn(CC(=O)NC(Cc4cc(F)cc(F)c4)c4ncncc4-c4cnc5[nH]ccc5c4)c3C12. The first-order valence-corrected chi connectivity index (χ1v) is 14.1. The average Bonchev–Trinajstić information content (AvgIpc) is 3.29. The maximum absolute atomic E-state index is 14.2. The lowest BCUT2D eigenvalue weighted by Crippen LogP contribution is -2.34. The second kappa shape index (κ2) is 10.6. The van der Waals surface area contributed by atoms with Gasteiger partial charge in [-0.15, -0.1) is 0 Å². The molecule has 2 aliphatic carbocycles. The van der Waals surface area contributed by atoms with Crippen LogP contribution in [0.3, 0.4) is 0 Å². The van der Waals surface area contributed by atoms with E-state index in [1.165, 1.54) is 23.1 Å². The molecule has 2 aliphatic rings. The summed E-state index contributed by atoms with van der Waals surface area (Å²) in [7, 11) is 0. The van der Waals surface area contributed by atoms with Crippen LogP contribution in [0.1, 0.15) is 59.9 Å². The van der Waals surface area contributed by atoms with Gasteiger partial charge in [0.15, 0.2) is 0 Å². The molecule has 4 heterocycles. The Hall–Kier alpha value is -4.61. The number of aromatic nitrogens is 6. The molecule has 220 valence electrons. The summed E-state index contributed by atoms with van der Waals surface area (Å²) in [4.78, 5) is 29.8. The van der Waals surface area contributed by atoms with Gasteiger partial charge in [-0.2, -0.15) is 5.10 Å². The zero-order chi connectivity index (χ0) is 29.8. The third kappa shape index (κ3) is 5.04. The Balaban J connectivity index is 1.24. The number of nitrogens with zero attached hydrogens (tertiary/aromatic N) is 5. The first-order chi connectivity index (χ1) is 20.8. The highest BCUT2D eigenvalue weighted by Crippen LogP contribution is 2.60. The van der Waals surface area contributed by atoms with Crippen molar-refractivity contribution in [1.29, 1.82) is 0 Å². The number of hydrogen-bond donors (Lipinski definition) is 2. The molecule has 4 unspecified atom stereocenters. The van der Waals surface area contributed by atoms with E-state index in [1.807, 2.05) is 12.1 Å². The van der Waals surface area contributed by atoms with Gasteiger partial charge in [0.05, 0.1) is 11.7 Å². The van der Waals surface area contributed by atoms with Crippen LogP contribution >= 0.6 is 0 Å². The maximum atomic E-state index is 14.2. The Kier molecular flexibility index (Phi) is 6.71. The molecule has 1 fully saturated rings. The molecule has 5 aromatic rings. The largest absolute Gasteiger partial charge is 0.346 e. The minimum Gasteiger partial charge on any atom is -0.346 e. The van der Waals surface area contributed by atoms with E-state index in [-0.39, 0.29) is 24.6 Å². The van der Waals surface area contributed by atoms with E-state index in [0.29, 0.717) is 57.5 Å². The normalized spacial score (nSPS) is 19.7. The summed E-state index contributed by atoms with van der Waals surface area (Å²) in [5, 5.41) is 7.99. The molecule has 8 nitrogen and oxygen atoms in total. The maximum Gasteiger partial charge on any atom is 0.282 e. The van der Waals surface area contributed by atoms with Gasteiger partial charge in [0.2, 0.25) is 5.91 Å². The van der Waals surface area contributed by atoms with Crippen molar-refractivity contribution in [2.24, 2.45) is 11.8 Å². The monoisotopic (exact) mass is 589 g/mol. The number of benzene rings is 1. The number of amides is 1. The summed E-state index contributed by atoms with van der Waals surface area (Å²) in [6.07, 6.45) is 4.96. The smallest absolute Gasteiger partial charge is 0.282 e. The summed E-state index contributed by atoms with van der Waals surface area (Å²) in [6.45, 7) is 1.81. The van der Waals surface area contributed by atoms with Crippen LogP contribution < -0.4 is 5.32 Å². The molecular weight excluding hydrogens is 562 g/mol. The van der Waals surface area contributed by atoms with Gasteiger partial charge in [0.25, 0.3) is 6.43 Å². The summed E-state index contributed by atoms with van der Waals surface area (Å²) in [6, 6.07) is 6.10. The molecule has 7 rings (SSSR count). The van der Waals surface area contributed by atoms with Crippen LogP contribution in [-0.2, 0) is 24.2 Å². The van der Waals surface area contributed by atoms with Crippen molar-refractivity contribution in [3.8, 4) is 11.1 Å².